The fourth-order valence-corrected chi connectivity index (χ4v) is 2.43. The van der Waals surface area contributed by atoms with Crippen LogP contribution in [0.3, 0.4) is 0 Å². The summed E-state index contributed by atoms with van der Waals surface area (Å²) in [7, 11) is 0. The number of para-hydroxylation sites is 2. The number of urea groups is 1. The quantitative estimate of drug-likeness (QED) is 0.879. The fraction of sp³-hybridized carbons (Fsp3) is 0.118. The Hall–Kier alpha value is -3.53. The summed E-state index contributed by atoms with van der Waals surface area (Å²) in [5.41, 5.74) is 6.78. The third kappa shape index (κ3) is 2.98. The molecule has 3 N–H and O–H groups in total. The maximum atomic E-state index is 12.6. The van der Waals surface area contributed by atoms with Crippen LogP contribution < -0.4 is 20.7 Å². The molecular formula is C17H14N4O3. The molecule has 3 rings (SSSR count). The summed E-state index contributed by atoms with van der Waals surface area (Å²) >= 11 is 0. The van der Waals surface area contributed by atoms with E-state index in [2.05, 4.69) is 5.32 Å². The maximum absolute atomic E-state index is 12.6. The number of nitriles is 1. The van der Waals surface area contributed by atoms with Gasteiger partial charge in [-0.05, 0) is 30.3 Å². The van der Waals surface area contributed by atoms with E-state index in [0.717, 1.165) is 0 Å². The molecule has 0 aliphatic carbocycles. The largest absolute Gasteiger partial charge is 0.477 e. The van der Waals surface area contributed by atoms with Crippen molar-refractivity contribution in [1.82, 2.24) is 0 Å². The summed E-state index contributed by atoms with van der Waals surface area (Å²) in [6, 6.07) is 15.0. The van der Waals surface area contributed by atoms with Gasteiger partial charge in [0.1, 0.15) is 5.75 Å². The molecule has 1 aliphatic heterocycles. The summed E-state index contributed by atoms with van der Waals surface area (Å²) in [5, 5.41) is 11.6. The predicted molar refractivity (Wildman–Crippen MR) is 87.6 cm³/mol. The molecule has 2 aromatic carbocycles. The molecule has 0 aromatic heterocycles. The molecule has 2 aromatic rings. The number of anilines is 2. The Bertz CT molecular complexity index is 844. The number of amides is 3. The van der Waals surface area contributed by atoms with Gasteiger partial charge in [-0.1, -0.05) is 18.2 Å². The zero-order chi connectivity index (χ0) is 17.1. The first-order chi connectivity index (χ1) is 11.6. The van der Waals surface area contributed by atoms with E-state index < -0.39 is 18.0 Å². The van der Waals surface area contributed by atoms with Crippen LogP contribution in [0.4, 0.5) is 16.2 Å². The van der Waals surface area contributed by atoms with Crippen LogP contribution in [0.15, 0.2) is 48.5 Å². The van der Waals surface area contributed by atoms with E-state index in [0.29, 0.717) is 22.7 Å². The van der Waals surface area contributed by atoms with Crippen molar-refractivity contribution in [2.45, 2.75) is 6.10 Å². The molecule has 0 saturated carbocycles. The number of hydrogen-bond acceptors (Lipinski definition) is 4. The monoisotopic (exact) mass is 322 g/mol. The Morgan fingerprint density at radius 1 is 1.25 bits per heavy atom. The molecule has 3 amide bonds. The molecule has 1 heterocycles. The summed E-state index contributed by atoms with van der Waals surface area (Å²) in [4.78, 5) is 25.5. The van der Waals surface area contributed by atoms with Crippen molar-refractivity contribution >= 4 is 23.3 Å². The molecule has 24 heavy (non-hydrogen) atoms. The van der Waals surface area contributed by atoms with E-state index >= 15 is 0 Å². The third-order valence-electron chi connectivity index (χ3n) is 3.58. The van der Waals surface area contributed by atoms with E-state index in [1.54, 1.807) is 48.5 Å². The fourth-order valence-electron chi connectivity index (χ4n) is 2.43. The second-order valence-electron chi connectivity index (χ2n) is 5.21. The molecule has 0 bridgehead atoms. The van der Waals surface area contributed by atoms with Gasteiger partial charge in [0, 0.05) is 5.69 Å². The van der Waals surface area contributed by atoms with Crippen molar-refractivity contribution in [3.8, 4) is 11.8 Å². The number of rotatable bonds is 2. The number of nitrogens with one attached hydrogen (secondary N) is 1. The minimum atomic E-state index is -0.920. The van der Waals surface area contributed by atoms with Gasteiger partial charge in [0.05, 0.1) is 23.9 Å². The minimum absolute atomic E-state index is 0.0100. The lowest BCUT2D eigenvalue weighted by Gasteiger charge is -2.33. The Morgan fingerprint density at radius 3 is 2.79 bits per heavy atom. The molecule has 0 fully saturated rings. The minimum Gasteiger partial charge on any atom is -0.477 e. The molecular weight excluding hydrogens is 308 g/mol. The van der Waals surface area contributed by atoms with Crippen molar-refractivity contribution in [3.63, 3.8) is 0 Å². The smallest absolute Gasteiger partial charge is 0.326 e. The van der Waals surface area contributed by atoms with Gasteiger partial charge in [-0.2, -0.15) is 5.26 Å². The summed E-state index contributed by atoms with van der Waals surface area (Å²) in [5.74, 6) is -0.234. The number of fused-ring (bicyclic) bond motifs is 1. The highest BCUT2D eigenvalue weighted by molar-refractivity contribution is 6.04. The van der Waals surface area contributed by atoms with Gasteiger partial charge in [0.2, 0.25) is 0 Å². The standard InChI is InChI=1S/C17H14N4O3/c18-9-11-4-3-5-12(8-11)20-17(23)21-10-15(16(19)22)24-14-7-2-1-6-13(14)21/h1-8,15H,10H2,(H2,19,22)(H,20,23). The topological polar surface area (TPSA) is 108 Å². The van der Waals surface area contributed by atoms with Crippen LogP contribution in [0, 0.1) is 11.3 Å². The highest BCUT2D eigenvalue weighted by Gasteiger charge is 2.32. The lowest BCUT2D eigenvalue weighted by Crippen LogP contribution is -2.50. The third-order valence-corrected chi connectivity index (χ3v) is 3.58. The Kier molecular flexibility index (Phi) is 4.03. The van der Waals surface area contributed by atoms with Crippen molar-refractivity contribution < 1.29 is 14.3 Å². The molecule has 0 spiro atoms. The normalized spacial score (nSPS) is 15.6. The molecule has 120 valence electrons. The number of carbonyl (C=O) groups is 2. The molecule has 7 nitrogen and oxygen atoms in total. The van der Waals surface area contributed by atoms with Gasteiger partial charge >= 0.3 is 6.03 Å². The van der Waals surface area contributed by atoms with Gasteiger partial charge in [0.15, 0.2) is 6.10 Å². The molecule has 0 saturated heterocycles. The number of nitrogens with two attached hydrogens (primary N) is 1. The van der Waals surface area contributed by atoms with Crippen molar-refractivity contribution in [1.29, 1.82) is 5.26 Å². The van der Waals surface area contributed by atoms with Gasteiger partial charge < -0.3 is 15.8 Å². The Balaban J connectivity index is 1.88. The molecule has 1 unspecified atom stereocenters. The molecule has 7 heteroatoms. The first-order valence-electron chi connectivity index (χ1n) is 7.22. The van der Waals surface area contributed by atoms with E-state index in [1.807, 2.05) is 6.07 Å². The average molecular weight is 322 g/mol. The van der Waals surface area contributed by atoms with Crippen LogP contribution in [0.1, 0.15) is 5.56 Å². The van der Waals surface area contributed by atoms with E-state index in [1.165, 1.54) is 4.90 Å². The summed E-state index contributed by atoms with van der Waals surface area (Å²) < 4.78 is 5.52. The van der Waals surface area contributed by atoms with E-state index in [9.17, 15) is 9.59 Å². The number of carbonyl (C=O) groups excluding carboxylic acids is 2. The first-order valence-corrected chi connectivity index (χ1v) is 7.22. The average Bonchev–Trinajstić information content (AvgIpc) is 2.60. The van der Waals surface area contributed by atoms with Crippen LogP contribution in [-0.4, -0.2) is 24.6 Å². The predicted octanol–water partition coefficient (Wildman–Crippen LogP) is 1.84. The van der Waals surface area contributed by atoms with Crippen LogP contribution in [0.2, 0.25) is 0 Å². The van der Waals surface area contributed by atoms with Crippen LogP contribution in [-0.2, 0) is 4.79 Å². The Morgan fingerprint density at radius 2 is 2.04 bits per heavy atom. The maximum Gasteiger partial charge on any atom is 0.326 e. The summed E-state index contributed by atoms with van der Waals surface area (Å²) in [6.45, 7) is 0.0100. The van der Waals surface area contributed by atoms with Gasteiger partial charge in [-0.25, -0.2) is 4.79 Å². The van der Waals surface area contributed by atoms with Gasteiger partial charge in [-0.3, -0.25) is 9.69 Å². The van der Waals surface area contributed by atoms with Crippen LogP contribution in [0.25, 0.3) is 0 Å². The van der Waals surface area contributed by atoms with Gasteiger partial charge in [-0.15, -0.1) is 0 Å². The second kappa shape index (κ2) is 6.30. The highest BCUT2D eigenvalue weighted by atomic mass is 16.5. The molecule has 0 radical (unpaired) electrons. The Labute approximate surface area is 138 Å². The lowest BCUT2D eigenvalue weighted by molar-refractivity contribution is -0.124. The zero-order valence-corrected chi connectivity index (χ0v) is 12.6. The molecule has 1 atom stereocenters. The van der Waals surface area contributed by atoms with Crippen molar-refractivity contribution in [2.75, 3.05) is 16.8 Å². The number of ether oxygens (including phenoxy) is 1. The number of primary amides is 1. The second-order valence-corrected chi connectivity index (χ2v) is 5.21. The number of benzene rings is 2. The van der Waals surface area contributed by atoms with E-state index in [4.69, 9.17) is 15.7 Å². The number of hydrogen-bond donors (Lipinski definition) is 2. The molecule has 1 aliphatic rings. The van der Waals surface area contributed by atoms with Crippen molar-refractivity contribution in [2.24, 2.45) is 5.73 Å². The van der Waals surface area contributed by atoms with Crippen molar-refractivity contribution in [3.05, 3.63) is 54.1 Å². The summed E-state index contributed by atoms with van der Waals surface area (Å²) in [6.07, 6.45) is -0.920. The lowest BCUT2D eigenvalue weighted by atomic mass is 10.2. The highest BCUT2D eigenvalue weighted by Crippen LogP contribution is 2.33. The first kappa shape index (κ1) is 15.4. The zero-order valence-electron chi connectivity index (χ0n) is 12.6. The number of nitrogens with zero attached hydrogens (tertiary/aromatic N) is 2. The van der Waals surface area contributed by atoms with Crippen LogP contribution in [0.5, 0.6) is 5.75 Å². The van der Waals surface area contributed by atoms with Gasteiger partial charge in [0.25, 0.3) is 5.91 Å². The van der Waals surface area contributed by atoms with E-state index in [-0.39, 0.29) is 6.54 Å². The SMILES string of the molecule is N#Cc1cccc(NC(=O)N2CC(C(N)=O)Oc3ccccc32)c1. The van der Waals surface area contributed by atoms with Crippen LogP contribution >= 0.6 is 0 Å².